The van der Waals surface area contributed by atoms with Crippen molar-refractivity contribution in [3.8, 4) is 0 Å². The molecule has 3 aromatic carbocycles. The third kappa shape index (κ3) is 4.91. The number of anilines is 1. The molecule has 168 valence electrons. The Labute approximate surface area is 197 Å². The van der Waals surface area contributed by atoms with Crippen molar-refractivity contribution in [1.82, 2.24) is 14.9 Å². The van der Waals surface area contributed by atoms with Gasteiger partial charge in [0.05, 0.1) is 27.7 Å². The number of hydrogen-bond acceptors (Lipinski definition) is 3. The van der Waals surface area contributed by atoms with E-state index >= 15 is 0 Å². The molecule has 2 amide bonds. The van der Waals surface area contributed by atoms with E-state index in [1.165, 1.54) is 0 Å². The van der Waals surface area contributed by atoms with E-state index < -0.39 is 6.04 Å². The number of nitrogens with one attached hydrogen (secondary N) is 2. The van der Waals surface area contributed by atoms with Crippen LogP contribution in [0.3, 0.4) is 0 Å². The van der Waals surface area contributed by atoms with Crippen molar-refractivity contribution in [3.05, 3.63) is 94.3 Å². The summed E-state index contributed by atoms with van der Waals surface area (Å²) in [5.74, 6) is 0.122. The molecular weight excluding hydrogens is 436 g/mol. The van der Waals surface area contributed by atoms with Gasteiger partial charge in [-0.25, -0.2) is 4.98 Å². The first kappa shape index (κ1) is 22.6. The predicted octanol–water partition coefficient (Wildman–Crippen LogP) is 5.44. The van der Waals surface area contributed by atoms with Crippen molar-refractivity contribution in [2.75, 3.05) is 5.32 Å². The number of aryl methyl sites for hydroxylation is 2. The van der Waals surface area contributed by atoms with Crippen LogP contribution < -0.4 is 10.6 Å². The molecule has 0 saturated heterocycles. The molecule has 4 rings (SSSR count). The number of nitrogens with zero attached hydrogens (tertiary/aromatic N) is 2. The number of imidazole rings is 1. The van der Waals surface area contributed by atoms with Gasteiger partial charge in [0.15, 0.2) is 0 Å². The van der Waals surface area contributed by atoms with Crippen LogP contribution >= 0.6 is 11.6 Å². The van der Waals surface area contributed by atoms with Crippen LogP contribution in [0.15, 0.2) is 66.7 Å². The van der Waals surface area contributed by atoms with Gasteiger partial charge in [-0.3, -0.25) is 9.59 Å². The second kappa shape index (κ2) is 9.46. The number of benzene rings is 3. The Kier molecular flexibility index (Phi) is 6.47. The van der Waals surface area contributed by atoms with E-state index in [0.29, 0.717) is 16.4 Å². The molecule has 0 aliphatic carbocycles. The van der Waals surface area contributed by atoms with Crippen molar-refractivity contribution in [3.63, 3.8) is 0 Å². The number of hydrogen-bond donors (Lipinski definition) is 2. The maximum absolute atomic E-state index is 13.0. The van der Waals surface area contributed by atoms with Crippen LogP contribution in [-0.4, -0.2) is 21.4 Å². The maximum Gasteiger partial charge on any atom is 0.253 e. The molecule has 0 radical (unpaired) electrons. The van der Waals surface area contributed by atoms with Crippen molar-refractivity contribution in [1.29, 1.82) is 0 Å². The molecule has 1 aromatic heterocycles. The second-order valence-electron chi connectivity index (χ2n) is 8.09. The monoisotopic (exact) mass is 460 g/mol. The molecule has 0 fully saturated rings. The summed E-state index contributed by atoms with van der Waals surface area (Å²) in [5, 5.41) is 6.34. The van der Waals surface area contributed by atoms with Gasteiger partial charge >= 0.3 is 0 Å². The molecule has 2 N–H and O–H groups in total. The van der Waals surface area contributed by atoms with Gasteiger partial charge in [0, 0.05) is 5.69 Å². The Balaban J connectivity index is 1.61. The van der Waals surface area contributed by atoms with Crippen LogP contribution in [0.2, 0.25) is 5.02 Å². The summed E-state index contributed by atoms with van der Waals surface area (Å²) in [4.78, 5) is 30.5. The topological polar surface area (TPSA) is 76.0 Å². The lowest BCUT2D eigenvalue weighted by Gasteiger charge is -2.17. The number of carbonyl (C=O) groups excluding carboxylic acids is 2. The molecule has 7 heteroatoms. The molecule has 1 heterocycles. The molecular formula is C26H25ClN4O2. The fourth-order valence-electron chi connectivity index (χ4n) is 3.78. The van der Waals surface area contributed by atoms with Gasteiger partial charge in [-0.05, 0) is 62.2 Å². The van der Waals surface area contributed by atoms with Crippen LogP contribution in [0.5, 0.6) is 0 Å². The summed E-state index contributed by atoms with van der Waals surface area (Å²) in [7, 11) is 0. The lowest BCUT2D eigenvalue weighted by atomic mass is 10.1. The van der Waals surface area contributed by atoms with E-state index in [9.17, 15) is 9.59 Å². The van der Waals surface area contributed by atoms with Gasteiger partial charge in [-0.2, -0.15) is 0 Å². The highest BCUT2D eigenvalue weighted by Gasteiger charge is 2.21. The smallest absolute Gasteiger partial charge is 0.253 e. The van der Waals surface area contributed by atoms with E-state index in [4.69, 9.17) is 16.6 Å². The average Bonchev–Trinajstić information content (AvgIpc) is 3.15. The summed E-state index contributed by atoms with van der Waals surface area (Å²) >= 11 is 6.18. The molecule has 1 unspecified atom stereocenters. The van der Waals surface area contributed by atoms with Gasteiger partial charge in [0.1, 0.15) is 12.4 Å². The third-order valence-electron chi connectivity index (χ3n) is 5.51. The standard InChI is InChI=1S/C26H25ClN4O2/c1-16-12-13-17(2)22(14-16)29-24(32)15-31-23-11-7-6-10-21(23)30-25(31)18(3)28-26(33)19-8-4-5-9-20(19)27/h4-14,18H,15H2,1-3H3,(H,28,33)(H,29,32). The van der Waals surface area contributed by atoms with E-state index in [2.05, 4.69) is 10.6 Å². The highest BCUT2D eigenvalue weighted by atomic mass is 35.5. The van der Waals surface area contributed by atoms with E-state index in [1.54, 1.807) is 24.3 Å². The van der Waals surface area contributed by atoms with Crippen molar-refractivity contribution in [2.24, 2.45) is 0 Å². The van der Waals surface area contributed by atoms with Crippen LogP contribution in [0.4, 0.5) is 5.69 Å². The highest BCUT2D eigenvalue weighted by molar-refractivity contribution is 6.33. The molecule has 33 heavy (non-hydrogen) atoms. The maximum atomic E-state index is 13.0. The largest absolute Gasteiger partial charge is 0.342 e. The predicted molar refractivity (Wildman–Crippen MR) is 132 cm³/mol. The number of halogens is 1. The van der Waals surface area contributed by atoms with Crippen LogP contribution in [0.1, 0.15) is 40.3 Å². The third-order valence-corrected chi connectivity index (χ3v) is 5.84. The van der Waals surface area contributed by atoms with Gasteiger partial charge < -0.3 is 15.2 Å². The van der Waals surface area contributed by atoms with Crippen molar-refractivity contribution >= 4 is 40.1 Å². The molecule has 0 saturated carbocycles. The van der Waals surface area contributed by atoms with E-state index in [1.807, 2.05) is 67.8 Å². The number of carbonyl (C=O) groups is 2. The van der Waals surface area contributed by atoms with Crippen molar-refractivity contribution < 1.29 is 9.59 Å². The highest BCUT2D eigenvalue weighted by Crippen LogP contribution is 2.23. The van der Waals surface area contributed by atoms with Crippen LogP contribution in [0, 0.1) is 13.8 Å². The minimum Gasteiger partial charge on any atom is -0.342 e. The van der Waals surface area contributed by atoms with Crippen molar-refractivity contribution in [2.45, 2.75) is 33.4 Å². The van der Waals surface area contributed by atoms with Crippen LogP contribution in [0.25, 0.3) is 11.0 Å². The summed E-state index contributed by atoms with van der Waals surface area (Å²) in [6, 6.07) is 20.0. The van der Waals surface area contributed by atoms with E-state index in [-0.39, 0.29) is 18.4 Å². The first-order valence-electron chi connectivity index (χ1n) is 10.7. The average molecular weight is 461 g/mol. The summed E-state index contributed by atoms with van der Waals surface area (Å²) in [6.45, 7) is 5.85. The molecule has 0 spiro atoms. The summed E-state index contributed by atoms with van der Waals surface area (Å²) in [5.41, 5.74) is 4.81. The Morgan fingerprint density at radius 1 is 1.03 bits per heavy atom. The minimum atomic E-state index is -0.449. The zero-order chi connectivity index (χ0) is 23.5. The Hall–Kier alpha value is -3.64. The normalized spacial score (nSPS) is 11.9. The number of rotatable bonds is 6. The first-order chi connectivity index (χ1) is 15.8. The lowest BCUT2D eigenvalue weighted by Crippen LogP contribution is -2.30. The SMILES string of the molecule is Cc1ccc(C)c(NC(=O)Cn2c(C(C)NC(=O)c3ccccc3Cl)nc3ccccc32)c1. The van der Waals surface area contributed by atoms with Gasteiger partial charge in [0.2, 0.25) is 5.91 Å². The molecule has 1 atom stereocenters. The van der Waals surface area contributed by atoms with Crippen LogP contribution in [-0.2, 0) is 11.3 Å². The number of aromatic nitrogens is 2. The minimum absolute atomic E-state index is 0.0650. The summed E-state index contributed by atoms with van der Waals surface area (Å²) < 4.78 is 1.84. The number of fused-ring (bicyclic) bond motifs is 1. The number of amides is 2. The van der Waals surface area contributed by atoms with Gasteiger partial charge in [-0.15, -0.1) is 0 Å². The molecule has 4 aromatic rings. The summed E-state index contributed by atoms with van der Waals surface area (Å²) in [6.07, 6.45) is 0. The molecule has 0 aliphatic heterocycles. The zero-order valence-corrected chi connectivity index (χ0v) is 19.5. The molecule has 0 bridgehead atoms. The zero-order valence-electron chi connectivity index (χ0n) is 18.7. The van der Waals surface area contributed by atoms with E-state index in [0.717, 1.165) is 27.8 Å². The quantitative estimate of drug-likeness (QED) is 0.402. The lowest BCUT2D eigenvalue weighted by molar-refractivity contribution is -0.116. The Morgan fingerprint density at radius 3 is 2.55 bits per heavy atom. The Bertz CT molecular complexity index is 1350. The first-order valence-corrected chi connectivity index (χ1v) is 11.1. The molecule has 0 aliphatic rings. The fraction of sp³-hybridized carbons (Fsp3) is 0.192. The Morgan fingerprint density at radius 2 is 1.76 bits per heavy atom. The number of para-hydroxylation sites is 2. The van der Waals surface area contributed by atoms with Gasteiger partial charge in [0.25, 0.3) is 5.91 Å². The molecule has 6 nitrogen and oxygen atoms in total. The van der Waals surface area contributed by atoms with Gasteiger partial charge in [-0.1, -0.05) is 48.0 Å². The second-order valence-corrected chi connectivity index (χ2v) is 8.49. The fourth-order valence-corrected chi connectivity index (χ4v) is 4.00.